The third-order valence-corrected chi connectivity index (χ3v) is 6.20. The van der Waals surface area contributed by atoms with Crippen molar-refractivity contribution >= 4 is 21.7 Å². The van der Waals surface area contributed by atoms with E-state index in [0.717, 1.165) is 43.7 Å². The number of nitrogens with zero attached hydrogens (tertiary/aromatic N) is 3. The fraction of sp³-hybridized carbons (Fsp3) is 0.444. The molecule has 0 saturated carbocycles. The van der Waals surface area contributed by atoms with Crippen LogP contribution in [0.15, 0.2) is 23.1 Å². The minimum absolute atomic E-state index is 0.226. The average Bonchev–Trinajstić information content (AvgIpc) is 3.28. The summed E-state index contributed by atoms with van der Waals surface area (Å²) in [5.74, 6) is 1.43. The highest BCUT2D eigenvalue weighted by Crippen LogP contribution is 2.30. The Morgan fingerprint density at radius 2 is 1.81 bits per heavy atom. The standard InChI is InChI=1S/C18H22N4O3S/c1-12-17(13(2)20-18(19-12)22-8-3-4-9-22)21-26(23,24)15-5-6-16-14(11-15)7-10-25-16/h5-6,11,21H,3-4,7-10H2,1-2H3. The molecule has 2 aliphatic heterocycles. The van der Waals surface area contributed by atoms with Gasteiger partial charge in [0.15, 0.2) is 0 Å². The molecule has 0 amide bonds. The summed E-state index contributed by atoms with van der Waals surface area (Å²) in [6.07, 6.45) is 3.00. The fourth-order valence-electron chi connectivity index (χ4n) is 3.43. The van der Waals surface area contributed by atoms with Gasteiger partial charge in [0.05, 0.1) is 28.6 Å². The molecule has 1 saturated heterocycles. The van der Waals surface area contributed by atoms with Crippen molar-refractivity contribution in [3.05, 3.63) is 35.2 Å². The molecule has 0 unspecified atom stereocenters. The number of anilines is 2. The number of ether oxygens (including phenoxy) is 1. The Kier molecular flexibility index (Phi) is 4.22. The van der Waals surface area contributed by atoms with Crippen LogP contribution in [0.25, 0.3) is 0 Å². The zero-order valence-electron chi connectivity index (χ0n) is 14.9. The Balaban J connectivity index is 1.63. The molecule has 1 aromatic carbocycles. The minimum atomic E-state index is -3.71. The molecule has 1 aromatic heterocycles. The van der Waals surface area contributed by atoms with E-state index >= 15 is 0 Å². The van der Waals surface area contributed by atoms with Crippen LogP contribution in [0.4, 0.5) is 11.6 Å². The van der Waals surface area contributed by atoms with Gasteiger partial charge in [0.25, 0.3) is 10.0 Å². The number of hydrogen-bond acceptors (Lipinski definition) is 6. The maximum atomic E-state index is 12.8. The maximum absolute atomic E-state index is 12.8. The van der Waals surface area contributed by atoms with Gasteiger partial charge in [0.2, 0.25) is 5.95 Å². The van der Waals surface area contributed by atoms with Gasteiger partial charge < -0.3 is 9.64 Å². The predicted molar refractivity (Wildman–Crippen MR) is 99.4 cm³/mol. The largest absolute Gasteiger partial charge is 0.493 e. The quantitative estimate of drug-likeness (QED) is 0.885. The number of nitrogens with one attached hydrogen (secondary N) is 1. The van der Waals surface area contributed by atoms with Crippen molar-refractivity contribution in [1.82, 2.24) is 9.97 Å². The summed E-state index contributed by atoms with van der Waals surface area (Å²) >= 11 is 0. The Labute approximate surface area is 153 Å². The first-order chi connectivity index (χ1) is 12.4. The molecule has 1 fully saturated rings. The molecule has 7 nitrogen and oxygen atoms in total. The van der Waals surface area contributed by atoms with Gasteiger partial charge in [-0.3, -0.25) is 4.72 Å². The minimum Gasteiger partial charge on any atom is -0.493 e. The van der Waals surface area contributed by atoms with Gasteiger partial charge in [-0.15, -0.1) is 0 Å². The second-order valence-corrected chi connectivity index (χ2v) is 8.42. The predicted octanol–water partition coefficient (Wildman–Crippen LogP) is 2.43. The number of aromatic nitrogens is 2. The summed E-state index contributed by atoms with van der Waals surface area (Å²) in [5, 5.41) is 0. The monoisotopic (exact) mass is 374 g/mol. The van der Waals surface area contributed by atoms with E-state index in [1.165, 1.54) is 0 Å². The van der Waals surface area contributed by atoms with Crippen molar-refractivity contribution in [3.8, 4) is 5.75 Å². The first-order valence-corrected chi connectivity index (χ1v) is 10.3. The van der Waals surface area contributed by atoms with E-state index < -0.39 is 10.0 Å². The van der Waals surface area contributed by atoms with Crippen molar-refractivity contribution in [2.24, 2.45) is 0 Å². The molecule has 4 rings (SSSR count). The molecule has 138 valence electrons. The van der Waals surface area contributed by atoms with Crippen LogP contribution in [0, 0.1) is 13.8 Å². The third-order valence-electron chi connectivity index (χ3n) is 4.86. The van der Waals surface area contributed by atoms with Crippen LogP contribution in [-0.2, 0) is 16.4 Å². The molecule has 1 N–H and O–H groups in total. The molecule has 0 spiro atoms. The van der Waals surface area contributed by atoms with E-state index in [1.54, 1.807) is 18.2 Å². The van der Waals surface area contributed by atoms with Crippen molar-refractivity contribution in [2.45, 2.75) is 38.0 Å². The highest BCUT2D eigenvalue weighted by molar-refractivity contribution is 7.92. The Morgan fingerprint density at radius 1 is 1.12 bits per heavy atom. The summed E-state index contributed by atoms with van der Waals surface area (Å²) < 4.78 is 33.8. The molecule has 2 aliphatic rings. The van der Waals surface area contributed by atoms with E-state index in [2.05, 4.69) is 19.6 Å². The Hall–Kier alpha value is -2.35. The Bertz CT molecular complexity index is 930. The average molecular weight is 374 g/mol. The van der Waals surface area contributed by atoms with Crippen molar-refractivity contribution in [1.29, 1.82) is 0 Å². The van der Waals surface area contributed by atoms with Gasteiger partial charge in [0, 0.05) is 19.5 Å². The zero-order chi connectivity index (χ0) is 18.3. The van der Waals surface area contributed by atoms with Crippen LogP contribution in [0.3, 0.4) is 0 Å². The third kappa shape index (κ3) is 3.09. The molecule has 0 atom stereocenters. The number of benzene rings is 1. The van der Waals surface area contributed by atoms with E-state index in [-0.39, 0.29) is 4.90 Å². The van der Waals surface area contributed by atoms with Gasteiger partial charge in [0.1, 0.15) is 5.75 Å². The summed E-state index contributed by atoms with van der Waals surface area (Å²) in [6, 6.07) is 4.95. The van der Waals surface area contributed by atoms with Crippen molar-refractivity contribution in [3.63, 3.8) is 0 Å². The number of rotatable bonds is 4. The zero-order valence-corrected chi connectivity index (χ0v) is 15.8. The first-order valence-electron chi connectivity index (χ1n) is 8.83. The van der Waals surface area contributed by atoms with Crippen LogP contribution < -0.4 is 14.4 Å². The summed E-state index contributed by atoms with van der Waals surface area (Å²) in [7, 11) is -3.71. The first kappa shape index (κ1) is 17.1. The van der Waals surface area contributed by atoms with Crippen LogP contribution in [0.1, 0.15) is 29.8 Å². The number of aryl methyl sites for hydroxylation is 2. The SMILES string of the molecule is Cc1nc(N2CCCC2)nc(C)c1NS(=O)(=O)c1ccc2c(c1)CCO2. The van der Waals surface area contributed by atoms with Crippen LogP contribution in [-0.4, -0.2) is 38.1 Å². The molecule has 0 radical (unpaired) electrons. The van der Waals surface area contributed by atoms with Gasteiger partial charge in [-0.2, -0.15) is 0 Å². The second-order valence-electron chi connectivity index (χ2n) is 6.74. The highest BCUT2D eigenvalue weighted by atomic mass is 32.2. The Morgan fingerprint density at radius 3 is 2.50 bits per heavy atom. The number of sulfonamides is 1. The van der Waals surface area contributed by atoms with Crippen LogP contribution in [0.2, 0.25) is 0 Å². The molecule has 8 heteroatoms. The van der Waals surface area contributed by atoms with Crippen LogP contribution in [0.5, 0.6) is 5.75 Å². The molecule has 0 aliphatic carbocycles. The van der Waals surface area contributed by atoms with E-state index in [1.807, 2.05) is 13.8 Å². The molecule has 26 heavy (non-hydrogen) atoms. The molecular weight excluding hydrogens is 352 g/mol. The van der Waals surface area contributed by atoms with Gasteiger partial charge >= 0.3 is 0 Å². The second kappa shape index (κ2) is 6.42. The summed E-state index contributed by atoms with van der Waals surface area (Å²) in [4.78, 5) is 11.4. The van der Waals surface area contributed by atoms with Gasteiger partial charge in [-0.05, 0) is 50.5 Å². The lowest BCUT2D eigenvalue weighted by atomic mass is 10.2. The topological polar surface area (TPSA) is 84.4 Å². The lowest BCUT2D eigenvalue weighted by Gasteiger charge is -2.19. The summed E-state index contributed by atoms with van der Waals surface area (Å²) in [6.45, 7) is 6.10. The van der Waals surface area contributed by atoms with Gasteiger partial charge in [-0.1, -0.05) is 0 Å². The lowest BCUT2D eigenvalue weighted by Crippen LogP contribution is -2.22. The van der Waals surface area contributed by atoms with Crippen LogP contribution >= 0.6 is 0 Å². The smallest absolute Gasteiger partial charge is 0.262 e. The summed E-state index contributed by atoms with van der Waals surface area (Å²) in [5.41, 5.74) is 2.63. The van der Waals surface area contributed by atoms with Crippen molar-refractivity contribution in [2.75, 3.05) is 29.3 Å². The molecule has 2 aromatic rings. The lowest BCUT2D eigenvalue weighted by molar-refractivity contribution is 0.356. The molecule has 0 bridgehead atoms. The maximum Gasteiger partial charge on any atom is 0.262 e. The normalized spacial score (nSPS) is 16.5. The fourth-order valence-corrected chi connectivity index (χ4v) is 4.65. The molecule has 3 heterocycles. The molecular formula is C18H22N4O3S. The van der Waals surface area contributed by atoms with Crippen molar-refractivity contribution < 1.29 is 13.2 Å². The number of fused-ring (bicyclic) bond motifs is 1. The van der Waals surface area contributed by atoms with Gasteiger partial charge in [-0.25, -0.2) is 18.4 Å². The van der Waals surface area contributed by atoms with E-state index in [4.69, 9.17) is 4.74 Å². The highest BCUT2D eigenvalue weighted by Gasteiger charge is 2.23. The number of hydrogen-bond donors (Lipinski definition) is 1. The van der Waals surface area contributed by atoms with E-state index in [9.17, 15) is 8.42 Å². The van der Waals surface area contributed by atoms with E-state index in [0.29, 0.717) is 29.6 Å².